The highest BCUT2D eigenvalue weighted by Gasteiger charge is 2.20. The van der Waals surface area contributed by atoms with Gasteiger partial charge in [0.2, 0.25) is 7.37 Å². The monoisotopic (exact) mass is 275 g/mol. The van der Waals surface area contributed by atoms with Crippen LogP contribution >= 0.6 is 19.0 Å². The molecule has 96 valence electrons. The van der Waals surface area contributed by atoms with Crippen molar-refractivity contribution in [3.63, 3.8) is 0 Å². The standard InChI is InChI=1S/C12H19ClNO2P/c1-4-17(15,5-2)16-12-8-11(13)7-6-10(12)9-14-3/h6-8,14H,4-5,9H2,1-3H3. The van der Waals surface area contributed by atoms with Gasteiger partial charge in [-0.25, -0.2) is 0 Å². The molecule has 0 heterocycles. The number of hydrogen-bond acceptors (Lipinski definition) is 3. The molecule has 0 saturated carbocycles. The Labute approximate surface area is 108 Å². The molecule has 5 heteroatoms. The molecule has 0 bridgehead atoms. The molecule has 0 fully saturated rings. The molecule has 1 aromatic rings. The van der Waals surface area contributed by atoms with E-state index in [0.717, 1.165) is 5.56 Å². The van der Waals surface area contributed by atoms with Crippen LogP contribution in [0.4, 0.5) is 0 Å². The Hall–Kier alpha value is -0.500. The van der Waals surface area contributed by atoms with Gasteiger partial charge in [-0.15, -0.1) is 0 Å². The smallest absolute Gasteiger partial charge is 0.247 e. The Bertz CT molecular complexity index is 415. The number of nitrogens with one attached hydrogen (secondary N) is 1. The van der Waals surface area contributed by atoms with Gasteiger partial charge in [-0.1, -0.05) is 31.5 Å². The third-order valence-electron chi connectivity index (χ3n) is 2.62. The molecule has 1 aromatic carbocycles. The summed E-state index contributed by atoms with van der Waals surface area (Å²) in [5.74, 6) is 0.624. The molecule has 0 aliphatic carbocycles. The topological polar surface area (TPSA) is 38.3 Å². The van der Waals surface area contributed by atoms with Crippen molar-refractivity contribution in [2.45, 2.75) is 20.4 Å². The van der Waals surface area contributed by atoms with Crippen LogP contribution in [0.25, 0.3) is 0 Å². The molecule has 0 saturated heterocycles. The summed E-state index contributed by atoms with van der Waals surface area (Å²) in [7, 11) is -0.701. The van der Waals surface area contributed by atoms with E-state index in [1.54, 1.807) is 6.07 Å². The number of halogens is 1. The third-order valence-corrected chi connectivity index (χ3v) is 5.32. The second kappa shape index (κ2) is 6.44. The van der Waals surface area contributed by atoms with Gasteiger partial charge in [0.1, 0.15) is 5.75 Å². The maximum atomic E-state index is 12.3. The molecule has 1 rings (SSSR count). The lowest BCUT2D eigenvalue weighted by Gasteiger charge is -2.19. The van der Waals surface area contributed by atoms with Gasteiger partial charge in [-0.05, 0) is 19.2 Å². The van der Waals surface area contributed by atoms with Gasteiger partial charge in [0, 0.05) is 29.5 Å². The maximum Gasteiger partial charge on any atom is 0.247 e. The van der Waals surface area contributed by atoms with E-state index in [4.69, 9.17) is 16.1 Å². The van der Waals surface area contributed by atoms with Crippen LogP contribution in [0.2, 0.25) is 5.02 Å². The summed E-state index contributed by atoms with van der Waals surface area (Å²) in [5.41, 5.74) is 0.971. The fourth-order valence-electron chi connectivity index (χ4n) is 1.48. The molecule has 0 aromatic heterocycles. The average molecular weight is 276 g/mol. The Balaban J connectivity index is 3.03. The zero-order chi connectivity index (χ0) is 12.9. The van der Waals surface area contributed by atoms with Gasteiger partial charge in [0.25, 0.3) is 0 Å². The summed E-state index contributed by atoms with van der Waals surface area (Å²) >= 11 is 5.94. The van der Waals surface area contributed by atoms with E-state index in [9.17, 15) is 4.57 Å². The minimum atomic E-state index is -2.56. The summed E-state index contributed by atoms with van der Waals surface area (Å²) in [6, 6.07) is 5.43. The summed E-state index contributed by atoms with van der Waals surface area (Å²) in [4.78, 5) is 0. The van der Waals surface area contributed by atoms with E-state index in [-0.39, 0.29) is 0 Å². The molecule has 0 radical (unpaired) electrons. The van der Waals surface area contributed by atoms with Crippen LogP contribution in [0.15, 0.2) is 18.2 Å². The van der Waals surface area contributed by atoms with Crippen molar-refractivity contribution in [2.75, 3.05) is 19.4 Å². The van der Waals surface area contributed by atoms with Crippen LogP contribution < -0.4 is 9.84 Å². The van der Waals surface area contributed by atoms with Crippen molar-refractivity contribution in [3.8, 4) is 5.75 Å². The molecular weight excluding hydrogens is 257 g/mol. The zero-order valence-electron chi connectivity index (χ0n) is 10.5. The summed E-state index contributed by atoms with van der Waals surface area (Å²) < 4.78 is 18.0. The van der Waals surface area contributed by atoms with E-state index >= 15 is 0 Å². The van der Waals surface area contributed by atoms with Gasteiger partial charge in [-0.3, -0.25) is 4.57 Å². The van der Waals surface area contributed by atoms with Crippen molar-refractivity contribution in [1.29, 1.82) is 0 Å². The second-order valence-electron chi connectivity index (χ2n) is 3.82. The van der Waals surface area contributed by atoms with Crippen LogP contribution in [-0.4, -0.2) is 19.4 Å². The molecular formula is C12H19ClNO2P. The minimum absolute atomic E-state index is 0.537. The highest BCUT2D eigenvalue weighted by atomic mass is 35.5. The van der Waals surface area contributed by atoms with Crippen LogP contribution in [0, 0.1) is 0 Å². The highest BCUT2D eigenvalue weighted by molar-refractivity contribution is 7.59. The van der Waals surface area contributed by atoms with Crippen molar-refractivity contribution in [3.05, 3.63) is 28.8 Å². The maximum absolute atomic E-state index is 12.3. The van der Waals surface area contributed by atoms with E-state index in [1.165, 1.54) is 0 Å². The van der Waals surface area contributed by atoms with Gasteiger partial charge in [-0.2, -0.15) is 0 Å². The number of rotatable bonds is 6. The van der Waals surface area contributed by atoms with E-state index in [2.05, 4.69) is 5.32 Å². The fraction of sp³-hybridized carbons (Fsp3) is 0.500. The summed E-state index contributed by atoms with van der Waals surface area (Å²) in [6.45, 7) is 4.43. The Morgan fingerprint density at radius 3 is 2.53 bits per heavy atom. The fourth-order valence-corrected chi connectivity index (χ4v) is 2.88. The van der Waals surface area contributed by atoms with Crippen LogP contribution in [0.1, 0.15) is 19.4 Å². The molecule has 0 aliphatic rings. The largest absolute Gasteiger partial charge is 0.442 e. The summed E-state index contributed by atoms with van der Waals surface area (Å²) in [6.07, 6.45) is 1.07. The average Bonchev–Trinajstić information content (AvgIpc) is 2.32. The first kappa shape index (κ1) is 14.6. The molecule has 0 spiro atoms. The predicted molar refractivity (Wildman–Crippen MR) is 73.5 cm³/mol. The second-order valence-corrected chi connectivity index (χ2v) is 7.33. The molecule has 0 atom stereocenters. The minimum Gasteiger partial charge on any atom is -0.442 e. The predicted octanol–water partition coefficient (Wildman–Crippen LogP) is 3.76. The Morgan fingerprint density at radius 2 is 2.00 bits per heavy atom. The van der Waals surface area contributed by atoms with Gasteiger partial charge >= 0.3 is 0 Å². The van der Waals surface area contributed by atoms with Gasteiger partial charge in [0.05, 0.1) is 0 Å². The summed E-state index contributed by atoms with van der Waals surface area (Å²) in [5, 5.41) is 3.65. The van der Waals surface area contributed by atoms with Crippen LogP contribution in [0.5, 0.6) is 5.75 Å². The Kier molecular flexibility index (Phi) is 5.51. The van der Waals surface area contributed by atoms with E-state index in [0.29, 0.717) is 29.6 Å². The lowest BCUT2D eigenvalue weighted by Crippen LogP contribution is -2.08. The molecule has 17 heavy (non-hydrogen) atoms. The molecule has 0 aliphatic heterocycles. The van der Waals surface area contributed by atoms with E-state index < -0.39 is 7.37 Å². The van der Waals surface area contributed by atoms with Crippen molar-refractivity contribution < 1.29 is 9.09 Å². The highest BCUT2D eigenvalue weighted by Crippen LogP contribution is 2.47. The molecule has 0 unspecified atom stereocenters. The third kappa shape index (κ3) is 4.02. The van der Waals surface area contributed by atoms with Gasteiger partial charge < -0.3 is 9.84 Å². The van der Waals surface area contributed by atoms with Crippen molar-refractivity contribution >= 4 is 19.0 Å². The first-order valence-corrected chi connectivity index (χ1v) is 8.12. The van der Waals surface area contributed by atoms with E-state index in [1.807, 2.05) is 33.0 Å². The van der Waals surface area contributed by atoms with Crippen molar-refractivity contribution in [2.24, 2.45) is 0 Å². The molecule has 3 nitrogen and oxygen atoms in total. The normalized spacial score (nSPS) is 11.5. The first-order valence-electron chi connectivity index (χ1n) is 5.75. The lowest BCUT2D eigenvalue weighted by molar-refractivity contribution is 0.480. The Morgan fingerprint density at radius 1 is 1.35 bits per heavy atom. The quantitative estimate of drug-likeness (QED) is 0.804. The zero-order valence-corrected chi connectivity index (χ0v) is 12.1. The number of hydrogen-bond donors (Lipinski definition) is 1. The molecule has 1 N–H and O–H groups in total. The first-order chi connectivity index (χ1) is 8.04. The van der Waals surface area contributed by atoms with Crippen molar-refractivity contribution in [1.82, 2.24) is 5.32 Å². The van der Waals surface area contributed by atoms with Crippen LogP contribution in [0.3, 0.4) is 0 Å². The SMILES string of the molecule is CCP(=O)(CC)Oc1cc(Cl)ccc1CNC. The van der Waals surface area contributed by atoms with Gasteiger partial charge in [0.15, 0.2) is 0 Å². The van der Waals surface area contributed by atoms with Crippen LogP contribution in [-0.2, 0) is 11.1 Å². The molecule has 0 amide bonds. The number of benzene rings is 1. The lowest BCUT2D eigenvalue weighted by atomic mass is 10.2.